The van der Waals surface area contributed by atoms with Crippen LogP contribution in [0.3, 0.4) is 0 Å². The van der Waals surface area contributed by atoms with E-state index in [0.717, 1.165) is 24.5 Å². The second-order valence-electron chi connectivity index (χ2n) is 4.40. The Bertz CT molecular complexity index is 412. The highest BCUT2D eigenvalue weighted by molar-refractivity contribution is 8.00. The number of aromatic nitrogens is 1. The smallest absolute Gasteiger partial charge is 0.124 e. The van der Waals surface area contributed by atoms with Gasteiger partial charge >= 0.3 is 0 Å². The van der Waals surface area contributed by atoms with Gasteiger partial charge in [-0.3, -0.25) is 4.98 Å². The first-order chi connectivity index (χ1) is 8.08. The fourth-order valence-electron chi connectivity index (χ4n) is 2.22. The molecule has 0 amide bonds. The Balaban J connectivity index is 2.30. The van der Waals surface area contributed by atoms with Crippen molar-refractivity contribution in [3.8, 4) is 0 Å². The topological polar surface area (TPSA) is 42.2 Å². The van der Waals surface area contributed by atoms with Crippen molar-refractivity contribution < 1.29 is 0 Å². The lowest BCUT2D eigenvalue weighted by Crippen LogP contribution is -2.41. The highest BCUT2D eigenvalue weighted by atomic mass is 32.2. The van der Waals surface area contributed by atoms with E-state index in [1.165, 1.54) is 0 Å². The molecule has 1 aliphatic heterocycles. The average Bonchev–Trinajstić information content (AvgIpc) is 2.27. The molecule has 0 spiro atoms. The van der Waals surface area contributed by atoms with Crippen LogP contribution < -0.4 is 10.6 Å². The summed E-state index contributed by atoms with van der Waals surface area (Å²) in [6.07, 6.45) is 1.74. The molecule has 2 heterocycles. The Hall–Kier alpha value is -0.810. The average molecular weight is 267 g/mol. The van der Waals surface area contributed by atoms with Crippen LogP contribution in [0.2, 0.25) is 0 Å². The van der Waals surface area contributed by atoms with E-state index in [-0.39, 0.29) is 0 Å². The van der Waals surface area contributed by atoms with Crippen molar-refractivity contribution in [3.63, 3.8) is 0 Å². The molecular formula is C12H17N3S2. The number of anilines is 1. The third-order valence-electron chi connectivity index (χ3n) is 2.78. The molecule has 2 rings (SSSR count). The summed E-state index contributed by atoms with van der Waals surface area (Å²) in [5, 5.41) is 1.25. The largest absolute Gasteiger partial charge is 0.388 e. The van der Waals surface area contributed by atoms with Gasteiger partial charge in [-0.15, -0.1) is 0 Å². The fourth-order valence-corrected chi connectivity index (χ4v) is 3.70. The van der Waals surface area contributed by atoms with Crippen molar-refractivity contribution in [2.75, 3.05) is 18.0 Å². The summed E-state index contributed by atoms with van der Waals surface area (Å²) < 4.78 is 0. The van der Waals surface area contributed by atoms with E-state index in [1.807, 2.05) is 17.8 Å². The van der Waals surface area contributed by atoms with Crippen LogP contribution >= 0.6 is 24.0 Å². The molecule has 0 bridgehead atoms. The van der Waals surface area contributed by atoms with Crippen LogP contribution in [-0.2, 0) is 0 Å². The van der Waals surface area contributed by atoms with Crippen LogP contribution in [0.1, 0.15) is 19.5 Å². The quantitative estimate of drug-likeness (QED) is 0.831. The molecule has 2 N–H and O–H groups in total. The van der Waals surface area contributed by atoms with Crippen LogP contribution in [0.15, 0.2) is 18.3 Å². The molecule has 1 fully saturated rings. The molecule has 0 aliphatic carbocycles. The fraction of sp³-hybridized carbons (Fsp3) is 0.500. The molecule has 17 heavy (non-hydrogen) atoms. The normalized spacial score (nSPS) is 24.7. The van der Waals surface area contributed by atoms with E-state index in [0.29, 0.717) is 15.5 Å². The summed E-state index contributed by atoms with van der Waals surface area (Å²) in [4.78, 5) is 7.00. The van der Waals surface area contributed by atoms with E-state index in [1.54, 1.807) is 6.20 Å². The highest BCUT2D eigenvalue weighted by Crippen LogP contribution is 2.29. The van der Waals surface area contributed by atoms with Crippen LogP contribution in [-0.4, -0.2) is 33.6 Å². The third kappa shape index (κ3) is 2.90. The second-order valence-corrected chi connectivity index (χ2v) is 6.72. The lowest BCUT2D eigenvalue weighted by Gasteiger charge is -2.36. The number of hydrogen-bond acceptors (Lipinski definition) is 4. The monoisotopic (exact) mass is 267 g/mol. The van der Waals surface area contributed by atoms with Crippen molar-refractivity contribution in [1.82, 2.24) is 4.98 Å². The summed E-state index contributed by atoms with van der Waals surface area (Å²) in [7, 11) is 0. The predicted molar refractivity (Wildman–Crippen MR) is 78.9 cm³/mol. The molecule has 3 nitrogen and oxygen atoms in total. The second kappa shape index (κ2) is 5.23. The molecule has 1 aromatic heterocycles. The number of hydrogen-bond donors (Lipinski definition) is 1. The zero-order valence-electron chi connectivity index (χ0n) is 10.1. The minimum atomic E-state index is 0.374. The van der Waals surface area contributed by atoms with Gasteiger partial charge in [0.15, 0.2) is 0 Å². The minimum absolute atomic E-state index is 0.374. The van der Waals surface area contributed by atoms with Crippen molar-refractivity contribution in [2.45, 2.75) is 24.3 Å². The van der Waals surface area contributed by atoms with Crippen molar-refractivity contribution in [3.05, 3.63) is 24.0 Å². The number of rotatable bonds is 2. The Labute approximate surface area is 112 Å². The maximum absolute atomic E-state index is 5.73. The molecule has 0 aromatic carbocycles. The van der Waals surface area contributed by atoms with Crippen LogP contribution in [0.5, 0.6) is 0 Å². The van der Waals surface area contributed by atoms with Gasteiger partial charge in [0.05, 0.1) is 5.69 Å². The first-order valence-corrected chi connectivity index (χ1v) is 7.08. The van der Waals surface area contributed by atoms with E-state index in [9.17, 15) is 0 Å². The zero-order chi connectivity index (χ0) is 12.4. The molecule has 0 radical (unpaired) electrons. The van der Waals surface area contributed by atoms with Gasteiger partial charge in [0.2, 0.25) is 0 Å². The van der Waals surface area contributed by atoms with Gasteiger partial charge in [-0.2, -0.15) is 11.8 Å². The van der Waals surface area contributed by atoms with Crippen LogP contribution in [0.25, 0.3) is 0 Å². The lowest BCUT2D eigenvalue weighted by atomic mass is 10.2. The van der Waals surface area contributed by atoms with Gasteiger partial charge in [0.25, 0.3) is 0 Å². The maximum atomic E-state index is 5.73. The number of thiocarbonyl (C=S) groups is 1. The molecule has 0 saturated carbocycles. The number of nitrogens with two attached hydrogens (primary N) is 1. The summed E-state index contributed by atoms with van der Waals surface area (Å²) in [6, 6.07) is 3.99. The lowest BCUT2D eigenvalue weighted by molar-refractivity contribution is 0.726. The van der Waals surface area contributed by atoms with Crippen molar-refractivity contribution in [1.29, 1.82) is 0 Å². The Morgan fingerprint density at radius 2 is 2.12 bits per heavy atom. The molecule has 92 valence electrons. The van der Waals surface area contributed by atoms with E-state index >= 15 is 0 Å². The van der Waals surface area contributed by atoms with Gasteiger partial charge in [0, 0.05) is 29.8 Å². The van der Waals surface area contributed by atoms with Crippen molar-refractivity contribution >= 4 is 34.7 Å². The summed E-state index contributed by atoms with van der Waals surface area (Å²) in [5.74, 6) is 0. The minimum Gasteiger partial charge on any atom is -0.388 e. The molecule has 1 saturated heterocycles. The van der Waals surface area contributed by atoms with E-state index in [4.69, 9.17) is 18.0 Å². The molecule has 1 aromatic rings. The Kier molecular flexibility index (Phi) is 3.89. The Morgan fingerprint density at radius 1 is 1.47 bits per heavy atom. The Morgan fingerprint density at radius 3 is 2.71 bits per heavy atom. The molecular weight excluding hydrogens is 250 g/mol. The maximum Gasteiger partial charge on any atom is 0.124 e. The van der Waals surface area contributed by atoms with Gasteiger partial charge in [-0.25, -0.2) is 0 Å². The van der Waals surface area contributed by atoms with Gasteiger partial charge in [-0.05, 0) is 12.1 Å². The third-order valence-corrected chi connectivity index (χ3v) is 4.20. The number of thioether (sulfide) groups is 1. The summed E-state index contributed by atoms with van der Waals surface area (Å²) in [5.41, 5.74) is 7.54. The molecule has 1 aliphatic rings. The van der Waals surface area contributed by atoms with Crippen molar-refractivity contribution in [2.24, 2.45) is 5.73 Å². The van der Waals surface area contributed by atoms with Crippen LogP contribution in [0, 0.1) is 0 Å². The van der Waals surface area contributed by atoms with Gasteiger partial charge in [0.1, 0.15) is 10.7 Å². The van der Waals surface area contributed by atoms with E-state index in [2.05, 4.69) is 29.8 Å². The highest BCUT2D eigenvalue weighted by Gasteiger charge is 2.24. The summed E-state index contributed by atoms with van der Waals surface area (Å²) in [6.45, 7) is 6.56. The van der Waals surface area contributed by atoms with Gasteiger partial charge in [-0.1, -0.05) is 26.1 Å². The first kappa shape index (κ1) is 12.6. The first-order valence-electron chi connectivity index (χ1n) is 5.73. The molecule has 2 unspecified atom stereocenters. The zero-order valence-corrected chi connectivity index (χ0v) is 11.7. The summed E-state index contributed by atoms with van der Waals surface area (Å²) >= 11 is 7.09. The SMILES string of the molecule is CC1CN(c2cccnc2C(N)=S)CC(C)S1. The standard InChI is InChI=1S/C12H17N3S2/c1-8-6-15(7-9(2)17-8)10-4-3-5-14-11(10)12(13)16/h3-5,8-9H,6-7H2,1-2H3,(H2,13,16). The number of nitrogens with zero attached hydrogens (tertiary/aromatic N) is 2. The molecule has 2 atom stereocenters. The molecule has 5 heteroatoms. The van der Waals surface area contributed by atoms with Gasteiger partial charge < -0.3 is 10.6 Å². The van der Waals surface area contributed by atoms with E-state index < -0.39 is 0 Å². The van der Waals surface area contributed by atoms with Crippen LogP contribution in [0.4, 0.5) is 5.69 Å². The number of pyridine rings is 1. The predicted octanol–water partition coefficient (Wildman–Crippen LogP) is 2.05.